The molecule has 0 radical (unpaired) electrons. The molecular formula is C37H41N3O6S. The number of carbonyl (C=O) groups excluding carboxylic acids is 2. The minimum absolute atomic E-state index is 0.0219. The van der Waals surface area contributed by atoms with Crippen LogP contribution in [0.5, 0.6) is 11.5 Å². The summed E-state index contributed by atoms with van der Waals surface area (Å²) in [6, 6.07) is 30.4. The number of nitrogens with one attached hydrogen (secondary N) is 2. The minimum atomic E-state index is -3.56. The molecule has 1 aliphatic carbocycles. The third-order valence-corrected chi connectivity index (χ3v) is 9.65. The van der Waals surface area contributed by atoms with Crippen molar-refractivity contribution >= 4 is 21.8 Å². The quantitative estimate of drug-likeness (QED) is 0.172. The van der Waals surface area contributed by atoms with Gasteiger partial charge in [-0.3, -0.25) is 9.59 Å². The molecule has 4 aromatic carbocycles. The van der Waals surface area contributed by atoms with Crippen LogP contribution in [-0.4, -0.2) is 51.9 Å². The van der Waals surface area contributed by atoms with E-state index in [9.17, 15) is 18.0 Å². The zero-order valence-corrected chi connectivity index (χ0v) is 27.5. The summed E-state index contributed by atoms with van der Waals surface area (Å²) in [6.45, 7) is 0.599. The highest BCUT2D eigenvalue weighted by Crippen LogP contribution is 2.28. The summed E-state index contributed by atoms with van der Waals surface area (Å²) in [5.41, 5.74) is 3.41. The maximum absolute atomic E-state index is 14.0. The lowest BCUT2D eigenvalue weighted by Gasteiger charge is -2.32. The number of methoxy groups -OCH3 is 2. The van der Waals surface area contributed by atoms with Crippen LogP contribution in [0.4, 0.5) is 0 Å². The van der Waals surface area contributed by atoms with Gasteiger partial charge < -0.3 is 19.7 Å². The summed E-state index contributed by atoms with van der Waals surface area (Å²) in [6.07, 6.45) is 2.81. The van der Waals surface area contributed by atoms with Crippen molar-refractivity contribution in [1.82, 2.24) is 14.9 Å². The molecule has 10 heteroatoms. The van der Waals surface area contributed by atoms with Gasteiger partial charge >= 0.3 is 0 Å². The molecule has 1 unspecified atom stereocenters. The maximum atomic E-state index is 14.0. The van der Waals surface area contributed by atoms with Crippen molar-refractivity contribution in [3.05, 3.63) is 125 Å². The zero-order chi connectivity index (χ0) is 33.2. The molecule has 246 valence electrons. The topological polar surface area (TPSA) is 114 Å². The average molecular weight is 656 g/mol. The second-order valence-corrected chi connectivity index (χ2v) is 13.3. The molecule has 47 heavy (non-hydrogen) atoms. The molecule has 4 aromatic rings. The Morgan fingerprint density at radius 1 is 0.787 bits per heavy atom. The van der Waals surface area contributed by atoms with Crippen molar-refractivity contribution in [2.24, 2.45) is 0 Å². The summed E-state index contributed by atoms with van der Waals surface area (Å²) >= 11 is 0. The summed E-state index contributed by atoms with van der Waals surface area (Å²) < 4.78 is 38.6. The van der Waals surface area contributed by atoms with E-state index >= 15 is 0 Å². The second-order valence-electron chi connectivity index (χ2n) is 11.6. The van der Waals surface area contributed by atoms with E-state index in [2.05, 4.69) is 10.0 Å². The van der Waals surface area contributed by atoms with Crippen molar-refractivity contribution in [1.29, 1.82) is 0 Å². The first kappa shape index (κ1) is 33.7. The lowest BCUT2D eigenvalue weighted by Crippen LogP contribution is -2.44. The van der Waals surface area contributed by atoms with Gasteiger partial charge in [0.25, 0.3) is 0 Å². The van der Waals surface area contributed by atoms with Crippen molar-refractivity contribution in [2.75, 3.05) is 20.8 Å². The number of carbonyl (C=O) groups is 2. The van der Waals surface area contributed by atoms with Crippen LogP contribution < -0.4 is 19.5 Å². The van der Waals surface area contributed by atoms with Gasteiger partial charge in [0.2, 0.25) is 21.8 Å². The Morgan fingerprint density at radius 3 is 2.06 bits per heavy atom. The average Bonchev–Trinajstić information content (AvgIpc) is 3.91. The Hall–Kier alpha value is -4.67. The zero-order valence-electron chi connectivity index (χ0n) is 26.7. The number of benzene rings is 4. The largest absolute Gasteiger partial charge is 0.493 e. The molecule has 1 fully saturated rings. The van der Waals surface area contributed by atoms with Gasteiger partial charge in [-0.05, 0) is 72.2 Å². The van der Waals surface area contributed by atoms with Gasteiger partial charge in [0, 0.05) is 25.6 Å². The lowest BCUT2D eigenvalue weighted by atomic mass is 10.0. The standard InChI is InChI=1S/C37H41N3O6S/c1-45-33-21-15-28(25-34(33)46-2)23-24-38-37(42)36(30-11-7-4-8-12-30)40(26-29-9-5-3-6-10-29)35(41)22-16-27-13-19-32(20-14-27)47(43,44)39-31-17-18-31/h3-15,19-21,25,31,36,39H,16-18,22-24,26H2,1-2H3,(H,38,42). The third kappa shape index (κ3) is 9.21. The van der Waals surface area contributed by atoms with E-state index in [4.69, 9.17) is 9.47 Å². The molecule has 0 spiro atoms. The highest BCUT2D eigenvalue weighted by atomic mass is 32.2. The van der Waals surface area contributed by atoms with Crippen LogP contribution in [-0.2, 0) is 39.0 Å². The highest BCUT2D eigenvalue weighted by Gasteiger charge is 2.31. The normalized spacial score (nSPS) is 13.4. The monoisotopic (exact) mass is 655 g/mol. The van der Waals surface area contributed by atoms with Crippen molar-refractivity contribution in [3.63, 3.8) is 0 Å². The molecule has 1 saturated carbocycles. The molecule has 9 nitrogen and oxygen atoms in total. The number of sulfonamides is 1. The van der Waals surface area contributed by atoms with Gasteiger partial charge in [0.05, 0.1) is 19.1 Å². The first-order chi connectivity index (χ1) is 22.8. The Labute approximate surface area is 277 Å². The van der Waals surface area contributed by atoms with Crippen LogP contribution in [0.15, 0.2) is 108 Å². The van der Waals surface area contributed by atoms with Crippen LogP contribution in [0.3, 0.4) is 0 Å². The Kier molecular flexibility index (Phi) is 11.3. The first-order valence-electron chi connectivity index (χ1n) is 15.8. The molecular weight excluding hydrogens is 614 g/mol. The third-order valence-electron chi connectivity index (χ3n) is 8.11. The number of rotatable bonds is 16. The number of ether oxygens (including phenoxy) is 2. The molecule has 0 aromatic heterocycles. The molecule has 5 rings (SSSR count). The smallest absolute Gasteiger partial charge is 0.247 e. The number of amides is 2. The van der Waals surface area contributed by atoms with E-state index in [1.807, 2.05) is 78.9 Å². The molecule has 0 heterocycles. The Bertz CT molecular complexity index is 1740. The summed E-state index contributed by atoms with van der Waals surface area (Å²) in [5, 5.41) is 3.06. The predicted molar refractivity (Wildman–Crippen MR) is 181 cm³/mol. The van der Waals surface area contributed by atoms with Crippen LogP contribution in [0.1, 0.15) is 47.6 Å². The van der Waals surface area contributed by atoms with Crippen LogP contribution in [0.2, 0.25) is 0 Å². The molecule has 1 atom stereocenters. The van der Waals surface area contributed by atoms with E-state index in [0.717, 1.165) is 29.5 Å². The van der Waals surface area contributed by atoms with Crippen LogP contribution in [0, 0.1) is 0 Å². The molecule has 1 aliphatic rings. The highest BCUT2D eigenvalue weighted by molar-refractivity contribution is 7.89. The molecule has 0 aliphatic heterocycles. The van der Waals surface area contributed by atoms with E-state index < -0.39 is 16.1 Å². The van der Waals surface area contributed by atoms with E-state index in [0.29, 0.717) is 36.4 Å². The molecule has 2 N–H and O–H groups in total. The fourth-order valence-corrected chi connectivity index (χ4v) is 6.70. The fraction of sp³-hybridized carbons (Fsp3) is 0.297. The van der Waals surface area contributed by atoms with Crippen molar-refractivity contribution in [2.45, 2.75) is 55.6 Å². The molecule has 0 bridgehead atoms. The second kappa shape index (κ2) is 15.8. The number of hydrogen-bond donors (Lipinski definition) is 2. The first-order valence-corrected chi connectivity index (χ1v) is 17.2. The molecule has 0 saturated heterocycles. The number of nitrogens with zero attached hydrogens (tertiary/aromatic N) is 1. The summed E-state index contributed by atoms with van der Waals surface area (Å²) in [4.78, 5) is 29.8. The lowest BCUT2D eigenvalue weighted by molar-refractivity contribution is -0.141. The number of aryl methyl sites for hydroxylation is 1. The molecule has 2 amide bonds. The van der Waals surface area contributed by atoms with E-state index in [1.54, 1.807) is 43.4 Å². The Balaban J connectivity index is 1.33. The van der Waals surface area contributed by atoms with Crippen LogP contribution >= 0.6 is 0 Å². The van der Waals surface area contributed by atoms with Gasteiger partial charge in [-0.1, -0.05) is 78.9 Å². The maximum Gasteiger partial charge on any atom is 0.247 e. The van der Waals surface area contributed by atoms with Gasteiger partial charge in [-0.2, -0.15) is 0 Å². The summed E-state index contributed by atoms with van der Waals surface area (Å²) in [7, 11) is -0.392. The SMILES string of the molecule is COc1ccc(CCNC(=O)C(c2ccccc2)N(Cc2ccccc2)C(=O)CCc2ccc(S(=O)(=O)NC3CC3)cc2)cc1OC. The van der Waals surface area contributed by atoms with Gasteiger partial charge in [0.1, 0.15) is 6.04 Å². The van der Waals surface area contributed by atoms with Crippen LogP contribution in [0.25, 0.3) is 0 Å². The Morgan fingerprint density at radius 2 is 1.43 bits per heavy atom. The van der Waals surface area contributed by atoms with E-state index in [-0.39, 0.29) is 35.7 Å². The van der Waals surface area contributed by atoms with Gasteiger partial charge in [0.15, 0.2) is 11.5 Å². The van der Waals surface area contributed by atoms with Gasteiger partial charge in [-0.15, -0.1) is 0 Å². The van der Waals surface area contributed by atoms with Crippen molar-refractivity contribution < 1.29 is 27.5 Å². The van der Waals surface area contributed by atoms with E-state index in [1.165, 1.54) is 0 Å². The summed E-state index contributed by atoms with van der Waals surface area (Å²) in [5.74, 6) is 0.777. The number of hydrogen-bond acceptors (Lipinski definition) is 6. The predicted octanol–water partition coefficient (Wildman–Crippen LogP) is 5.21. The fourth-order valence-electron chi connectivity index (χ4n) is 5.39. The van der Waals surface area contributed by atoms with Gasteiger partial charge in [-0.25, -0.2) is 13.1 Å². The minimum Gasteiger partial charge on any atom is -0.493 e. The van der Waals surface area contributed by atoms with Crippen molar-refractivity contribution in [3.8, 4) is 11.5 Å².